The van der Waals surface area contributed by atoms with Crippen LogP contribution in [0.4, 0.5) is 22.9 Å². The first-order valence-electron chi connectivity index (χ1n) is 9.71. The number of fused-ring (bicyclic) bond motifs is 2. The average molecular weight is 418 g/mol. The van der Waals surface area contributed by atoms with Gasteiger partial charge < -0.3 is 15.1 Å². The first kappa shape index (κ1) is 18.9. The summed E-state index contributed by atoms with van der Waals surface area (Å²) in [6.45, 7) is 2.54. The highest BCUT2D eigenvalue weighted by Crippen LogP contribution is 2.30. The number of hydrogen-bond acceptors (Lipinski definition) is 10. The van der Waals surface area contributed by atoms with Gasteiger partial charge in [0.05, 0.1) is 34.9 Å². The first-order valence-corrected chi connectivity index (χ1v) is 9.71. The third-order valence-electron chi connectivity index (χ3n) is 4.97. The smallest absolute Gasteiger partial charge is 0.269 e. The van der Waals surface area contributed by atoms with Crippen LogP contribution in [0.15, 0.2) is 48.5 Å². The van der Waals surface area contributed by atoms with E-state index in [1.54, 1.807) is 12.1 Å². The van der Waals surface area contributed by atoms with Crippen LogP contribution >= 0.6 is 0 Å². The number of hydrogen-bond donors (Lipinski definition) is 2. The molecule has 0 unspecified atom stereocenters. The number of nitro groups is 1. The van der Waals surface area contributed by atoms with E-state index in [0.29, 0.717) is 54.7 Å². The van der Waals surface area contributed by atoms with Gasteiger partial charge >= 0.3 is 0 Å². The van der Waals surface area contributed by atoms with Gasteiger partial charge in [-0.3, -0.25) is 15.5 Å². The van der Waals surface area contributed by atoms with Crippen molar-refractivity contribution < 1.29 is 9.66 Å². The minimum Gasteiger partial charge on any atom is -0.378 e. The lowest BCUT2D eigenvalue weighted by molar-refractivity contribution is -0.384. The number of nitrogens with one attached hydrogen (secondary N) is 2. The maximum absolute atomic E-state index is 10.9. The molecule has 2 N–H and O–H groups in total. The number of aromatic nitrogens is 4. The highest BCUT2D eigenvalue weighted by Gasteiger charge is 2.21. The molecule has 0 aliphatic carbocycles. The molecule has 0 amide bonds. The van der Waals surface area contributed by atoms with Crippen molar-refractivity contribution in [1.82, 2.24) is 20.2 Å². The fraction of sp³-hybridized carbons (Fsp3) is 0.200. The number of para-hydroxylation sites is 2. The Kier molecular flexibility index (Phi) is 4.84. The van der Waals surface area contributed by atoms with Gasteiger partial charge in [0, 0.05) is 25.2 Å². The van der Waals surface area contributed by atoms with Gasteiger partial charge in [-0.25, -0.2) is 9.97 Å². The molecular formula is C20H18N8O3. The van der Waals surface area contributed by atoms with E-state index in [2.05, 4.69) is 30.9 Å². The molecule has 1 aliphatic rings. The van der Waals surface area contributed by atoms with E-state index in [1.165, 1.54) is 12.1 Å². The van der Waals surface area contributed by atoms with Crippen LogP contribution in [0.2, 0.25) is 0 Å². The molecule has 156 valence electrons. The van der Waals surface area contributed by atoms with Crippen LogP contribution in [-0.2, 0) is 4.74 Å². The predicted octanol–water partition coefficient (Wildman–Crippen LogP) is 2.76. The lowest BCUT2D eigenvalue weighted by atomic mass is 10.2. The second-order valence-electron chi connectivity index (χ2n) is 6.94. The maximum atomic E-state index is 10.9. The Morgan fingerprint density at radius 3 is 2.35 bits per heavy atom. The quantitative estimate of drug-likeness (QED) is 0.283. The molecule has 1 saturated heterocycles. The van der Waals surface area contributed by atoms with Gasteiger partial charge in [0.1, 0.15) is 11.2 Å². The highest BCUT2D eigenvalue weighted by atomic mass is 16.6. The van der Waals surface area contributed by atoms with Crippen molar-refractivity contribution in [1.29, 1.82) is 0 Å². The standard InChI is InChI=1S/C20H18N8O3/c29-28(30)14-7-5-13(6-8-14)23-24-18-17-19(22-16-4-2-1-3-15(16)21-17)25-26-20(18)27-9-11-31-12-10-27/h1-8,23H,9-12H2,(H,22,24,25). The van der Waals surface area contributed by atoms with Gasteiger partial charge in [0.25, 0.3) is 5.69 Å². The van der Waals surface area contributed by atoms with E-state index in [1.807, 2.05) is 24.3 Å². The van der Waals surface area contributed by atoms with Crippen LogP contribution in [0, 0.1) is 10.1 Å². The fourth-order valence-electron chi connectivity index (χ4n) is 3.39. The lowest BCUT2D eigenvalue weighted by Gasteiger charge is -2.29. The molecule has 0 atom stereocenters. The number of non-ortho nitro benzene ring substituents is 1. The summed E-state index contributed by atoms with van der Waals surface area (Å²) in [4.78, 5) is 21.9. The number of nitro benzene ring substituents is 1. The fourth-order valence-corrected chi connectivity index (χ4v) is 3.39. The van der Waals surface area contributed by atoms with E-state index < -0.39 is 4.92 Å². The molecule has 31 heavy (non-hydrogen) atoms. The van der Waals surface area contributed by atoms with Crippen molar-refractivity contribution in [2.45, 2.75) is 0 Å². The summed E-state index contributed by atoms with van der Waals surface area (Å²) in [6.07, 6.45) is 0. The Hall–Kier alpha value is -4.12. The molecule has 0 radical (unpaired) electrons. The first-order chi connectivity index (χ1) is 15.2. The van der Waals surface area contributed by atoms with Crippen LogP contribution in [0.5, 0.6) is 0 Å². The Morgan fingerprint density at radius 1 is 0.935 bits per heavy atom. The summed E-state index contributed by atoms with van der Waals surface area (Å²) >= 11 is 0. The number of morpholine rings is 1. The zero-order valence-electron chi connectivity index (χ0n) is 16.4. The molecule has 0 saturated carbocycles. The molecule has 11 heteroatoms. The molecule has 0 bridgehead atoms. The van der Waals surface area contributed by atoms with Crippen LogP contribution in [0.3, 0.4) is 0 Å². The summed E-state index contributed by atoms with van der Waals surface area (Å²) in [5, 5.41) is 19.6. The minimum absolute atomic E-state index is 0.0212. The monoisotopic (exact) mass is 418 g/mol. The third-order valence-corrected chi connectivity index (χ3v) is 4.97. The molecule has 1 aliphatic heterocycles. The van der Waals surface area contributed by atoms with Crippen molar-refractivity contribution in [3.05, 3.63) is 58.6 Å². The molecule has 5 rings (SSSR count). The van der Waals surface area contributed by atoms with Crippen LogP contribution in [-0.4, -0.2) is 51.4 Å². The van der Waals surface area contributed by atoms with Gasteiger partial charge in [0.2, 0.25) is 5.65 Å². The number of anilines is 3. The van der Waals surface area contributed by atoms with Gasteiger partial charge in [0.15, 0.2) is 5.82 Å². The van der Waals surface area contributed by atoms with Gasteiger partial charge in [-0.1, -0.05) is 12.1 Å². The molecule has 11 nitrogen and oxygen atoms in total. The predicted molar refractivity (Wildman–Crippen MR) is 116 cm³/mol. The zero-order chi connectivity index (χ0) is 21.2. The number of hydrazine groups is 1. The van der Waals surface area contributed by atoms with Crippen LogP contribution in [0.25, 0.3) is 22.2 Å². The zero-order valence-corrected chi connectivity index (χ0v) is 16.4. The number of nitrogens with zero attached hydrogens (tertiary/aromatic N) is 6. The van der Waals surface area contributed by atoms with E-state index in [4.69, 9.17) is 9.72 Å². The van der Waals surface area contributed by atoms with Crippen molar-refractivity contribution in [3.8, 4) is 0 Å². The normalized spacial score (nSPS) is 14.0. The number of rotatable bonds is 5. The van der Waals surface area contributed by atoms with E-state index in [-0.39, 0.29) is 5.69 Å². The van der Waals surface area contributed by atoms with Crippen LogP contribution < -0.4 is 15.8 Å². The minimum atomic E-state index is -0.436. The SMILES string of the molecule is O=[N+]([O-])c1ccc(NNc2c(N3CCOCC3)nnc3nc4ccccc4nc23)cc1. The van der Waals surface area contributed by atoms with Crippen molar-refractivity contribution >= 4 is 45.1 Å². The Bertz CT molecular complexity index is 1260. The Balaban J connectivity index is 1.56. The second kappa shape index (κ2) is 7.95. The third kappa shape index (κ3) is 3.73. The van der Waals surface area contributed by atoms with Gasteiger partial charge in [-0.05, 0) is 24.3 Å². The van der Waals surface area contributed by atoms with Crippen molar-refractivity contribution in [3.63, 3.8) is 0 Å². The maximum Gasteiger partial charge on any atom is 0.269 e. The summed E-state index contributed by atoms with van der Waals surface area (Å²) in [5.41, 5.74) is 10.0. The van der Waals surface area contributed by atoms with E-state index in [0.717, 1.165) is 11.0 Å². The second-order valence-corrected chi connectivity index (χ2v) is 6.94. The Labute approximate surface area is 176 Å². The summed E-state index contributed by atoms with van der Waals surface area (Å²) in [5.74, 6) is 0.634. The summed E-state index contributed by atoms with van der Waals surface area (Å²) < 4.78 is 5.46. The largest absolute Gasteiger partial charge is 0.378 e. The van der Waals surface area contributed by atoms with Crippen LogP contribution in [0.1, 0.15) is 0 Å². The summed E-state index contributed by atoms with van der Waals surface area (Å²) in [6, 6.07) is 13.7. The van der Waals surface area contributed by atoms with Crippen molar-refractivity contribution in [2.24, 2.45) is 0 Å². The molecular weight excluding hydrogens is 400 g/mol. The van der Waals surface area contributed by atoms with Gasteiger partial charge in [-0.2, -0.15) is 0 Å². The molecule has 0 spiro atoms. The molecule has 2 aromatic heterocycles. The average Bonchev–Trinajstić information content (AvgIpc) is 2.82. The van der Waals surface area contributed by atoms with E-state index in [9.17, 15) is 10.1 Å². The molecule has 1 fully saturated rings. The summed E-state index contributed by atoms with van der Waals surface area (Å²) in [7, 11) is 0. The van der Waals surface area contributed by atoms with Gasteiger partial charge in [-0.15, -0.1) is 10.2 Å². The molecule has 4 aromatic rings. The van der Waals surface area contributed by atoms with Crippen molar-refractivity contribution in [2.75, 3.05) is 42.1 Å². The number of ether oxygens (including phenoxy) is 1. The molecule has 2 aromatic carbocycles. The van der Waals surface area contributed by atoms with E-state index >= 15 is 0 Å². The molecule has 3 heterocycles. The lowest BCUT2D eigenvalue weighted by Crippen LogP contribution is -2.37. The number of benzene rings is 2. The highest BCUT2D eigenvalue weighted by molar-refractivity contribution is 5.96. The Morgan fingerprint density at radius 2 is 1.65 bits per heavy atom. The topological polar surface area (TPSA) is 131 Å².